The average Bonchev–Trinajstić information content (AvgIpc) is 2.45. The van der Waals surface area contributed by atoms with Crippen LogP contribution in [0, 0.1) is 0 Å². The zero-order valence-corrected chi connectivity index (χ0v) is 12.1. The van der Waals surface area contributed by atoms with Crippen LogP contribution in [-0.4, -0.2) is 25.0 Å². The molecule has 0 unspecified atom stereocenters. The van der Waals surface area contributed by atoms with Crippen LogP contribution in [-0.2, 0) is 11.0 Å². The van der Waals surface area contributed by atoms with Gasteiger partial charge in [-0.15, -0.1) is 0 Å². The Morgan fingerprint density at radius 2 is 1.73 bits per heavy atom. The van der Waals surface area contributed by atoms with Gasteiger partial charge in [-0.2, -0.15) is 13.2 Å². The van der Waals surface area contributed by atoms with Crippen molar-refractivity contribution in [1.29, 1.82) is 0 Å². The molecular weight excluding hydrogens is 299 g/mol. The highest BCUT2D eigenvalue weighted by atomic mass is 19.4. The number of halogens is 3. The van der Waals surface area contributed by atoms with Gasteiger partial charge in [0, 0.05) is 12.2 Å². The van der Waals surface area contributed by atoms with Gasteiger partial charge < -0.3 is 16.0 Å². The summed E-state index contributed by atoms with van der Waals surface area (Å²) in [7, 11) is 0. The summed E-state index contributed by atoms with van der Waals surface area (Å²) < 4.78 is 37.1. The molecular formula is C14H18F3N3O2. The van der Waals surface area contributed by atoms with Crippen molar-refractivity contribution < 1.29 is 22.8 Å². The Morgan fingerprint density at radius 1 is 1.09 bits per heavy atom. The van der Waals surface area contributed by atoms with Gasteiger partial charge in [0.2, 0.25) is 5.91 Å². The number of benzene rings is 1. The summed E-state index contributed by atoms with van der Waals surface area (Å²) in [5.41, 5.74) is -0.565. The molecule has 0 aliphatic heterocycles. The van der Waals surface area contributed by atoms with Crippen LogP contribution in [0.25, 0.3) is 0 Å². The lowest BCUT2D eigenvalue weighted by Gasteiger charge is -2.10. The number of hydrogen-bond donors (Lipinski definition) is 3. The van der Waals surface area contributed by atoms with Gasteiger partial charge in [-0.1, -0.05) is 13.3 Å². The molecule has 0 fully saturated rings. The van der Waals surface area contributed by atoms with E-state index in [0.29, 0.717) is 6.54 Å². The third-order valence-corrected chi connectivity index (χ3v) is 2.72. The monoisotopic (exact) mass is 317 g/mol. The van der Waals surface area contributed by atoms with Crippen molar-refractivity contribution >= 4 is 17.6 Å². The van der Waals surface area contributed by atoms with Gasteiger partial charge in [0.1, 0.15) is 0 Å². The number of unbranched alkanes of at least 4 members (excludes halogenated alkanes) is 1. The SMILES string of the molecule is CCCCNC(=O)NCC(=O)Nc1ccc(C(F)(F)F)cc1. The van der Waals surface area contributed by atoms with E-state index in [1.807, 2.05) is 6.92 Å². The molecule has 22 heavy (non-hydrogen) atoms. The van der Waals surface area contributed by atoms with Gasteiger partial charge in [-0.3, -0.25) is 4.79 Å². The van der Waals surface area contributed by atoms with Crippen LogP contribution in [0.5, 0.6) is 0 Å². The number of anilines is 1. The highest BCUT2D eigenvalue weighted by Crippen LogP contribution is 2.29. The van der Waals surface area contributed by atoms with E-state index < -0.39 is 23.7 Å². The second-order valence-corrected chi connectivity index (χ2v) is 4.59. The van der Waals surface area contributed by atoms with Gasteiger partial charge in [0.05, 0.1) is 12.1 Å². The molecule has 3 amide bonds. The van der Waals surface area contributed by atoms with E-state index in [1.54, 1.807) is 0 Å². The molecule has 0 bridgehead atoms. The zero-order chi connectivity index (χ0) is 16.6. The molecule has 0 aromatic heterocycles. The van der Waals surface area contributed by atoms with Gasteiger partial charge in [-0.25, -0.2) is 4.79 Å². The van der Waals surface area contributed by atoms with Crippen molar-refractivity contribution in [2.45, 2.75) is 25.9 Å². The minimum Gasteiger partial charge on any atom is -0.338 e. The summed E-state index contributed by atoms with van der Waals surface area (Å²) in [6.07, 6.45) is -2.64. The maximum absolute atomic E-state index is 12.4. The quantitative estimate of drug-likeness (QED) is 0.706. The van der Waals surface area contributed by atoms with Crippen LogP contribution in [0.15, 0.2) is 24.3 Å². The Hall–Kier alpha value is -2.25. The minimum absolute atomic E-state index is 0.228. The summed E-state index contributed by atoms with van der Waals surface area (Å²) in [6.45, 7) is 2.24. The van der Waals surface area contributed by atoms with Gasteiger partial charge in [0.15, 0.2) is 0 Å². The first-order valence-corrected chi connectivity index (χ1v) is 6.81. The van der Waals surface area contributed by atoms with E-state index in [0.717, 1.165) is 37.1 Å². The normalized spacial score (nSPS) is 10.9. The van der Waals surface area contributed by atoms with E-state index in [2.05, 4.69) is 16.0 Å². The van der Waals surface area contributed by atoms with E-state index in [-0.39, 0.29) is 12.2 Å². The second kappa shape index (κ2) is 8.26. The lowest BCUT2D eigenvalue weighted by Crippen LogP contribution is -2.40. The van der Waals surface area contributed by atoms with Gasteiger partial charge in [-0.05, 0) is 30.7 Å². The maximum atomic E-state index is 12.4. The number of hydrogen-bond acceptors (Lipinski definition) is 2. The van der Waals surface area contributed by atoms with Crippen LogP contribution >= 0.6 is 0 Å². The fourth-order valence-corrected chi connectivity index (χ4v) is 1.55. The molecule has 0 aliphatic carbocycles. The fourth-order valence-electron chi connectivity index (χ4n) is 1.55. The number of nitrogens with one attached hydrogen (secondary N) is 3. The number of urea groups is 1. The smallest absolute Gasteiger partial charge is 0.338 e. The summed E-state index contributed by atoms with van der Waals surface area (Å²) in [6, 6.07) is 3.60. The van der Waals surface area contributed by atoms with Crippen molar-refractivity contribution in [2.24, 2.45) is 0 Å². The van der Waals surface area contributed by atoms with Crippen molar-refractivity contribution in [1.82, 2.24) is 10.6 Å². The van der Waals surface area contributed by atoms with E-state index >= 15 is 0 Å². The highest BCUT2D eigenvalue weighted by molar-refractivity contribution is 5.94. The Morgan fingerprint density at radius 3 is 2.27 bits per heavy atom. The molecule has 122 valence electrons. The van der Waals surface area contributed by atoms with Crippen molar-refractivity contribution in [2.75, 3.05) is 18.4 Å². The van der Waals surface area contributed by atoms with Gasteiger partial charge >= 0.3 is 12.2 Å². The molecule has 0 saturated carbocycles. The predicted octanol–water partition coefficient (Wildman–Crippen LogP) is 2.74. The van der Waals surface area contributed by atoms with E-state index in [1.165, 1.54) is 0 Å². The second-order valence-electron chi connectivity index (χ2n) is 4.59. The van der Waals surface area contributed by atoms with Crippen molar-refractivity contribution in [3.05, 3.63) is 29.8 Å². The average molecular weight is 317 g/mol. The molecule has 0 saturated heterocycles. The molecule has 1 aromatic rings. The van der Waals surface area contributed by atoms with Crippen LogP contribution in [0.4, 0.5) is 23.7 Å². The first-order chi connectivity index (χ1) is 10.3. The third-order valence-electron chi connectivity index (χ3n) is 2.72. The molecule has 3 N–H and O–H groups in total. The van der Waals surface area contributed by atoms with Crippen LogP contribution in [0.2, 0.25) is 0 Å². The molecule has 5 nitrogen and oxygen atoms in total. The molecule has 8 heteroatoms. The first-order valence-electron chi connectivity index (χ1n) is 6.81. The fraction of sp³-hybridized carbons (Fsp3) is 0.429. The minimum atomic E-state index is -4.42. The first kappa shape index (κ1) is 17.8. The standard InChI is InChI=1S/C14H18F3N3O2/c1-2-3-8-18-13(22)19-9-12(21)20-11-6-4-10(5-7-11)14(15,16)17/h4-7H,2-3,8-9H2,1H3,(H,20,21)(H2,18,19,22). The van der Waals surface area contributed by atoms with Crippen LogP contribution < -0.4 is 16.0 Å². The predicted molar refractivity (Wildman–Crippen MR) is 76.4 cm³/mol. The largest absolute Gasteiger partial charge is 0.416 e. The van der Waals surface area contributed by atoms with Crippen molar-refractivity contribution in [3.63, 3.8) is 0 Å². The number of carbonyl (C=O) groups is 2. The van der Waals surface area contributed by atoms with E-state index in [4.69, 9.17) is 0 Å². The molecule has 0 heterocycles. The maximum Gasteiger partial charge on any atom is 0.416 e. The summed E-state index contributed by atoms with van der Waals surface area (Å²) in [5.74, 6) is -0.523. The number of alkyl halides is 3. The summed E-state index contributed by atoms with van der Waals surface area (Å²) in [5, 5.41) is 7.32. The van der Waals surface area contributed by atoms with Gasteiger partial charge in [0.25, 0.3) is 0 Å². The van der Waals surface area contributed by atoms with Crippen LogP contribution in [0.3, 0.4) is 0 Å². The Labute approximate surface area is 126 Å². The molecule has 0 spiro atoms. The number of amides is 3. The van der Waals surface area contributed by atoms with Crippen LogP contribution in [0.1, 0.15) is 25.3 Å². The summed E-state index contributed by atoms with van der Waals surface area (Å²) >= 11 is 0. The lowest BCUT2D eigenvalue weighted by atomic mass is 10.2. The Kier molecular flexibility index (Phi) is 6.68. The third kappa shape index (κ3) is 6.47. The lowest BCUT2D eigenvalue weighted by molar-refractivity contribution is -0.137. The Bertz CT molecular complexity index is 501. The molecule has 1 aromatic carbocycles. The molecule has 1 rings (SSSR count). The molecule has 0 radical (unpaired) electrons. The highest BCUT2D eigenvalue weighted by Gasteiger charge is 2.29. The topological polar surface area (TPSA) is 70.2 Å². The zero-order valence-electron chi connectivity index (χ0n) is 12.1. The molecule has 0 aliphatic rings. The van der Waals surface area contributed by atoms with E-state index in [9.17, 15) is 22.8 Å². The Balaban J connectivity index is 2.37. The van der Waals surface area contributed by atoms with Crippen molar-refractivity contribution in [3.8, 4) is 0 Å². The summed E-state index contributed by atoms with van der Waals surface area (Å²) in [4.78, 5) is 22.9. The number of rotatable bonds is 6. The number of carbonyl (C=O) groups excluding carboxylic acids is 2. The molecule has 0 atom stereocenters.